The number of nitrogens with two attached hydrogens (primary N) is 1. The van der Waals surface area contributed by atoms with Crippen LogP contribution in [0.25, 0.3) is 0 Å². The van der Waals surface area contributed by atoms with E-state index in [0.29, 0.717) is 59.2 Å². The fourth-order valence-electron chi connectivity index (χ4n) is 1.63. The fourth-order valence-corrected chi connectivity index (χ4v) is 1.63. The highest BCUT2D eigenvalue weighted by Crippen LogP contribution is 1.98. The van der Waals surface area contributed by atoms with E-state index in [0.717, 1.165) is 0 Å². The second-order valence-corrected chi connectivity index (χ2v) is 4.18. The summed E-state index contributed by atoms with van der Waals surface area (Å²) >= 11 is 0. The first-order chi connectivity index (χ1) is 8.75. The van der Waals surface area contributed by atoms with Gasteiger partial charge in [-0.15, -0.1) is 0 Å². The number of hydrogen-bond donors (Lipinski definition) is 1. The van der Waals surface area contributed by atoms with Gasteiger partial charge in [0.15, 0.2) is 0 Å². The van der Waals surface area contributed by atoms with Crippen molar-refractivity contribution in [3.05, 3.63) is 0 Å². The summed E-state index contributed by atoms with van der Waals surface area (Å²) < 4.78 is 16.1. The highest BCUT2D eigenvalue weighted by atomic mass is 16.5. The molecule has 2 N–H and O–H groups in total. The zero-order valence-electron chi connectivity index (χ0n) is 11.1. The Morgan fingerprint density at radius 2 is 1.50 bits per heavy atom. The molecule has 1 amide bonds. The van der Waals surface area contributed by atoms with Crippen LogP contribution in [-0.2, 0) is 19.0 Å². The highest BCUT2D eigenvalue weighted by Gasteiger charge is 2.19. The topological polar surface area (TPSA) is 74.0 Å². The third kappa shape index (κ3) is 5.77. The first-order valence-corrected chi connectivity index (χ1v) is 6.53. The summed E-state index contributed by atoms with van der Waals surface area (Å²) in [5.41, 5.74) is 5.77. The molecule has 1 atom stereocenters. The molecule has 1 aliphatic heterocycles. The van der Waals surface area contributed by atoms with Gasteiger partial charge in [0.05, 0.1) is 45.7 Å². The molecular formula is C12H24N2O4. The van der Waals surface area contributed by atoms with Gasteiger partial charge in [-0.3, -0.25) is 4.79 Å². The maximum atomic E-state index is 12.0. The number of nitrogens with zero attached hydrogens (tertiary/aromatic N) is 1. The Bertz CT molecular complexity index is 226. The van der Waals surface area contributed by atoms with Crippen molar-refractivity contribution in [3.8, 4) is 0 Å². The third-order valence-electron chi connectivity index (χ3n) is 2.82. The second kappa shape index (κ2) is 9.27. The molecule has 6 nitrogen and oxygen atoms in total. The third-order valence-corrected chi connectivity index (χ3v) is 2.82. The summed E-state index contributed by atoms with van der Waals surface area (Å²) in [5, 5.41) is 0. The predicted molar refractivity (Wildman–Crippen MR) is 67.3 cm³/mol. The van der Waals surface area contributed by atoms with E-state index in [4.69, 9.17) is 19.9 Å². The molecule has 1 fully saturated rings. The number of hydrogen-bond acceptors (Lipinski definition) is 5. The van der Waals surface area contributed by atoms with Crippen LogP contribution in [0.4, 0.5) is 0 Å². The molecule has 0 spiro atoms. The van der Waals surface area contributed by atoms with Crippen molar-refractivity contribution in [2.75, 3.05) is 52.7 Å². The molecule has 1 heterocycles. The minimum absolute atomic E-state index is 0.0296. The van der Waals surface area contributed by atoms with E-state index in [2.05, 4.69) is 0 Å². The van der Waals surface area contributed by atoms with E-state index < -0.39 is 6.04 Å². The first-order valence-electron chi connectivity index (χ1n) is 6.53. The van der Waals surface area contributed by atoms with Gasteiger partial charge in [0.2, 0.25) is 5.91 Å². The van der Waals surface area contributed by atoms with E-state index >= 15 is 0 Å². The van der Waals surface area contributed by atoms with Gasteiger partial charge in [0, 0.05) is 13.1 Å². The van der Waals surface area contributed by atoms with Crippen LogP contribution in [0, 0.1) is 0 Å². The molecule has 0 saturated carbocycles. The molecule has 0 aromatic carbocycles. The molecule has 6 heteroatoms. The summed E-state index contributed by atoms with van der Waals surface area (Å²) in [6.45, 7) is 6.23. The van der Waals surface area contributed by atoms with Crippen molar-refractivity contribution in [1.29, 1.82) is 0 Å². The van der Waals surface area contributed by atoms with E-state index in [-0.39, 0.29) is 5.91 Å². The van der Waals surface area contributed by atoms with E-state index in [1.807, 2.05) is 6.92 Å². The van der Waals surface area contributed by atoms with Crippen molar-refractivity contribution in [1.82, 2.24) is 4.90 Å². The van der Waals surface area contributed by atoms with Crippen LogP contribution < -0.4 is 5.73 Å². The van der Waals surface area contributed by atoms with Crippen LogP contribution in [0.3, 0.4) is 0 Å². The molecule has 0 radical (unpaired) electrons. The lowest BCUT2D eigenvalue weighted by Gasteiger charge is -2.25. The van der Waals surface area contributed by atoms with Crippen molar-refractivity contribution in [2.45, 2.75) is 19.4 Å². The average Bonchev–Trinajstić information content (AvgIpc) is 2.37. The van der Waals surface area contributed by atoms with Crippen molar-refractivity contribution in [3.63, 3.8) is 0 Å². The number of amides is 1. The van der Waals surface area contributed by atoms with Gasteiger partial charge in [0.25, 0.3) is 0 Å². The summed E-state index contributed by atoms with van der Waals surface area (Å²) in [5.74, 6) is -0.0296. The molecule has 18 heavy (non-hydrogen) atoms. The van der Waals surface area contributed by atoms with Crippen LogP contribution in [0.5, 0.6) is 0 Å². The lowest BCUT2D eigenvalue weighted by Crippen LogP contribution is -2.46. The van der Waals surface area contributed by atoms with Gasteiger partial charge in [-0.05, 0) is 6.42 Å². The standard InChI is InChI=1S/C12H24N2O4/c1-2-11(13)12(15)14-3-5-16-7-9-18-10-8-17-6-4-14/h11H,2-10,13H2,1H3. The molecule has 1 saturated heterocycles. The van der Waals surface area contributed by atoms with Gasteiger partial charge in [-0.2, -0.15) is 0 Å². The van der Waals surface area contributed by atoms with E-state index in [9.17, 15) is 4.79 Å². The number of carbonyl (C=O) groups is 1. The molecular weight excluding hydrogens is 236 g/mol. The molecule has 1 aliphatic rings. The Labute approximate surface area is 108 Å². The largest absolute Gasteiger partial charge is 0.377 e. The van der Waals surface area contributed by atoms with Gasteiger partial charge in [-0.25, -0.2) is 0 Å². The minimum atomic E-state index is -0.429. The molecule has 0 bridgehead atoms. The van der Waals surface area contributed by atoms with Crippen molar-refractivity contribution >= 4 is 5.91 Å². The summed E-state index contributed by atoms with van der Waals surface area (Å²) in [4.78, 5) is 13.7. The quantitative estimate of drug-likeness (QED) is 0.732. The SMILES string of the molecule is CCC(N)C(=O)N1CCOCCOCCOCC1. The Balaban J connectivity index is 2.43. The average molecular weight is 260 g/mol. The van der Waals surface area contributed by atoms with Gasteiger partial charge in [-0.1, -0.05) is 6.92 Å². The molecule has 0 aromatic heterocycles. The monoisotopic (exact) mass is 260 g/mol. The van der Waals surface area contributed by atoms with Crippen molar-refractivity contribution < 1.29 is 19.0 Å². The molecule has 0 aliphatic carbocycles. The minimum Gasteiger partial charge on any atom is -0.377 e. The van der Waals surface area contributed by atoms with Crippen molar-refractivity contribution in [2.24, 2.45) is 5.73 Å². The Kier molecular flexibility index (Phi) is 7.91. The first kappa shape index (κ1) is 15.4. The second-order valence-electron chi connectivity index (χ2n) is 4.18. The summed E-state index contributed by atoms with van der Waals surface area (Å²) in [7, 11) is 0. The molecule has 0 aromatic rings. The Hall–Kier alpha value is -0.690. The fraction of sp³-hybridized carbons (Fsp3) is 0.917. The smallest absolute Gasteiger partial charge is 0.239 e. The van der Waals surface area contributed by atoms with Crippen LogP contribution in [0.15, 0.2) is 0 Å². The van der Waals surface area contributed by atoms with Gasteiger partial charge < -0.3 is 24.8 Å². The highest BCUT2D eigenvalue weighted by molar-refractivity contribution is 5.81. The van der Waals surface area contributed by atoms with Gasteiger partial charge in [0.1, 0.15) is 0 Å². The predicted octanol–water partition coefficient (Wildman–Crippen LogP) is -0.384. The number of rotatable bonds is 2. The molecule has 1 unspecified atom stereocenters. The zero-order chi connectivity index (χ0) is 13.2. The van der Waals surface area contributed by atoms with Crippen LogP contribution in [0.1, 0.15) is 13.3 Å². The lowest BCUT2D eigenvalue weighted by molar-refractivity contribution is -0.134. The van der Waals surface area contributed by atoms with E-state index in [1.54, 1.807) is 4.90 Å². The Morgan fingerprint density at radius 1 is 1.06 bits per heavy atom. The van der Waals surface area contributed by atoms with Gasteiger partial charge >= 0.3 is 0 Å². The Morgan fingerprint density at radius 3 is 1.94 bits per heavy atom. The number of carbonyl (C=O) groups excluding carboxylic acids is 1. The normalized spacial score (nSPS) is 21.8. The van der Waals surface area contributed by atoms with Crippen LogP contribution in [-0.4, -0.2) is 69.6 Å². The maximum Gasteiger partial charge on any atom is 0.239 e. The van der Waals surface area contributed by atoms with Crippen LogP contribution in [0.2, 0.25) is 0 Å². The number of ether oxygens (including phenoxy) is 3. The van der Waals surface area contributed by atoms with E-state index in [1.165, 1.54) is 0 Å². The molecule has 1 rings (SSSR count). The van der Waals surface area contributed by atoms with Crippen LogP contribution >= 0.6 is 0 Å². The summed E-state index contributed by atoms with van der Waals surface area (Å²) in [6, 6.07) is -0.429. The molecule has 106 valence electrons. The zero-order valence-corrected chi connectivity index (χ0v) is 11.1. The maximum absolute atomic E-state index is 12.0. The summed E-state index contributed by atoms with van der Waals surface area (Å²) in [6.07, 6.45) is 0.644. The lowest BCUT2D eigenvalue weighted by atomic mass is 10.2.